The highest BCUT2D eigenvalue weighted by atomic mass is 32.1. The van der Waals surface area contributed by atoms with Gasteiger partial charge in [0.05, 0.1) is 36.4 Å². The van der Waals surface area contributed by atoms with Gasteiger partial charge in [0, 0.05) is 43.3 Å². The molecule has 2 heterocycles. The van der Waals surface area contributed by atoms with Gasteiger partial charge in [0.15, 0.2) is 11.5 Å². The monoisotopic (exact) mass is 498 g/mol. The highest BCUT2D eigenvalue weighted by Gasteiger charge is 2.29. The van der Waals surface area contributed by atoms with E-state index in [1.54, 1.807) is 17.5 Å². The first-order chi connectivity index (χ1) is 17.0. The molecular formula is C24H26N4O6S. The van der Waals surface area contributed by atoms with Gasteiger partial charge in [-0.25, -0.2) is 4.98 Å². The van der Waals surface area contributed by atoms with Crippen LogP contribution in [-0.2, 0) is 6.61 Å². The molecule has 1 aliphatic heterocycles. The molecule has 35 heavy (non-hydrogen) atoms. The quantitative estimate of drug-likeness (QED) is 0.339. The van der Waals surface area contributed by atoms with Crippen LogP contribution in [0.5, 0.6) is 17.2 Å². The van der Waals surface area contributed by atoms with E-state index in [1.165, 1.54) is 30.6 Å². The molecule has 0 unspecified atom stereocenters. The Balaban J connectivity index is 1.52. The van der Waals surface area contributed by atoms with Crippen molar-refractivity contribution in [2.45, 2.75) is 13.0 Å². The van der Waals surface area contributed by atoms with Gasteiger partial charge in [-0.3, -0.25) is 14.9 Å². The maximum absolute atomic E-state index is 13.4. The third-order valence-electron chi connectivity index (χ3n) is 5.79. The Bertz CT molecular complexity index is 1170. The van der Waals surface area contributed by atoms with E-state index in [0.717, 1.165) is 24.4 Å². The van der Waals surface area contributed by atoms with Crippen LogP contribution in [0.2, 0.25) is 0 Å². The molecule has 3 aromatic rings. The summed E-state index contributed by atoms with van der Waals surface area (Å²) < 4.78 is 16.3. The van der Waals surface area contributed by atoms with Crippen molar-refractivity contribution in [1.82, 2.24) is 9.88 Å². The summed E-state index contributed by atoms with van der Waals surface area (Å²) in [5.41, 5.74) is 3.07. The van der Waals surface area contributed by atoms with Crippen molar-refractivity contribution < 1.29 is 23.9 Å². The zero-order chi connectivity index (χ0) is 24.8. The van der Waals surface area contributed by atoms with Crippen LogP contribution in [0.25, 0.3) is 0 Å². The molecule has 0 aliphatic carbocycles. The van der Waals surface area contributed by atoms with Crippen molar-refractivity contribution in [3.8, 4) is 17.2 Å². The number of ether oxygens (including phenoxy) is 3. The number of methoxy groups -OCH3 is 2. The van der Waals surface area contributed by atoms with E-state index in [1.807, 2.05) is 29.6 Å². The van der Waals surface area contributed by atoms with Crippen LogP contribution in [0.15, 0.2) is 47.3 Å². The summed E-state index contributed by atoms with van der Waals surface area (Å²) in [6.45, 7) is 2.44. The maximum Gasteiger partial charge on any atom is 0.286 e. The molecule has 11 heteroatoms. The topological polar surface area (TPSA) is 107 Å². The van der Waals surface area contributed by atoms with Gasteiger partial charge in [-0.15, -0.1) is 11.3 Å². The highest BCUT2D eigenvalue weighted by Crippen LogP contribution is 2.36. The van der Waals surface area contributed by atoms with Gasteiger partial charge in [0.2, 0.25) is 0 Å². The number of rotatable bonds is 8. The lowest BCUT2D eigenvalue weighted by Gasteiger charge is -2.24. The number of amides is 1. The molecule has 0 atom stereocenters. The molecule has 0 N–H and O–H groups in total. The van der Waals surface area contributed by atoms with Gasteiger partial charge >= 0.3 is 0 Å². The van der Waals surface area contributed by atoms with Crippen molar-refractivity contribution in [2.24, 2.45) is 0 Å². The number of nitrogens with zero attached hydrogens (tertiary/aromatic N) is 4. The molecule has 4 rings (SSSR count). The number of aromatic nitrogens is 1. The van der Waals surface area contributed by atoms with Crippen LogP contribution in [-0.4, -0.2) is 61.1 Å². The van der Waals surface area contributed by atoms with Crippen molar-refractivity contribution in [3.63, 3.8) is 0 Å². The maximum atomic E-state index is 13.4. The number of carbonyl (C=O) groups is 1. The van der Waals surface area contributed by atoms with Crippen molar-refractivity contribution in [3.05, 3.63) is 68.7 Å². The lowest BCUT2D eigenvalue weighted by atomic mass is 10.1. The third kappa shape index (κ3) is 5.62. The molecule has 0 bridgehead atoms. The highest BCUT2D eigenvalue weighted by molar-refractivity contribution is 7.07. The molecule has 2 aromatic carbocycles. The second kappa shape index (κ2) is 11.0. The summed E-state index contributed by atoms with van der Waals surface area (Å²) >= 11 is 1.43. The number of nitro groups is 1. The molecule has 0 radical (unpaired) electrons. The Hall–Kier alpha value is -3.86. The third-order valence-corrected chi connectivity index (χ3v) is 6.42. The first-order valence-corrected chi connectivity index (χ1v) is 12.0. The minimum absolute atomic E-state index is 0.0224. The first-order valence-electron chi connectivity index (χ1n) is 11.0. The van der Waals surface area contributed by atoms with Crippen LogP contribution in [0.3, 0.4) is 0 Å². The number of thiazole rings is 1. The van der Waals surface area contributed by atoms with Crippen molar-refractivity contribution in [2.75, 3.05) is 45.3 Å². The van der Waals surface area contributed by atoms with Gasteiger partial charge in [0.1, 0.15) is 17.9 Å². The Kier molecular flexibility index (Phi) is 7.66. The molecule has 10 nitrogen and oxygen atoms in total. The summed E-state index contributed by atoms with van der Waals surface area (Å²) in [5.74, 6) is 0.812. The number of hydrogen-bond donors (Lipinski definition) is 0. The second-order valence-corrected chi connectivity index (χ2v) is 8.60. The van der Waals surface area contributed by atoms with Crippen LogP contribution >= 0.6 is 11.3 Å². The van der Waals surface area contributed by atoms with Crippen LogP contribution in [0.1, 0.15) is 22.5 Å². The van der Waals surface area contributed by atoms with E-state index >= 15 is 0 Å². The molecule has 1 amide bonds. The SMILES string of the molecule is COc1ccc(N2CCCN(C(=O)c3cc(OC)c(OCc4cscn4)cc3[N+](=O)[O-])CC2)cc1. The number of carbonyl (C=O) groups excluding carboxylic acids is 1. The zero-order valence-electron chi connectivity index (χ0n) is 19.5. The van der Waals surface area contributed by atoms with Crippen molar-refractivity contribution >= 4 is 28.6 Å². The van der Waals surface area contributed by atoms with Crippen LogP contribution in [0.4, 0.5) is 11.4 Å². The zero-order valence-corrected chi connectivity index (χ0v) is 20.3. The molecule has 1 fully saturated rings. The lowest BCUT2D eigenvalue weighted by Crippen LogP contribution is -2.35. The fourth-order valence-corrected chi connectivity index (χ4v) is 4.49. The minimum Gasteiger partial charge on any atom is -0.497 e. The van der Waals surface area contributed by atoms with Gasteiger partial charge in [-0.1, -0.05) is 0 Å². The van der Waals surface area contributed by atoms with Crippen LogP contribution < -0.4 is 19.1 Å². The standard InChI is InChI=1S/C24H26N4O6S/c1-32-19-6-4-18(5-7-19)26-8-3-9-27(11-10-26)24(29)20-12-22(33-2)23(13-21(20)28(30)31)34-14-17-15-35-16-25-17/h4-7,12-13,15-16H,3,8-11,14H2,1-2H3. The second-order valence-electron chi connectivity index (χ2n) is 7.88. The summed E-state index contributed by atoms with van der Waals surface area (Å²) in [5, 5.41) is 13.7. The van der Waals surface area contributed by atoms with Crippen LogP contribution in [0, 0.1) is 10.1 Å². The number of benzene rings is 2. The predicted molar refractivity (Wildman–Crippen MR) is 132 cm³/mol. The van der Waals surface area contributed by atoms with Gasteiger partial charge in [0.25, 0.3) is 11.6 Å². The molecule has 0 spiro atoms. The molecule has 184 valence electrons. The van der Waals surface area contributed by atoms with Gasteiger partial charge in [-0.2, -0.15) is 0 Å². The number of hydrogen-bond acceptors (Lipinski definition) is 9. The summed E-state index contributed by atoms with van der Waals surface area (Å²) in [7, 11) is 3.06. The Morgan fingerprint density at radius 1 is 1.09 bits per heavy atom. The summed E-state index contributed by atoms with van der Waals surface area (Å²) in [4.78, 5) is 32.7. The first kappa shape index (κ1) is 24.3. The normalized spacial score (nSPS) is 13.8. The van der Waals surface area contributed by atoms with Crippen molar-refractivity contribution in [1.29, 1.82) is 0 Å². The molecular weight excluding hydrogens is 472 g/mol. The largest absolute Gasteiger partial charge is 0.497 e. The van der Waals surface area contributed by atoms with E-state index in [2.05, 4.69) is 9.88 Å². The predicted octanol–water partition coefficient (Wildman–Crippen LogP) is 4.00. The van der Waals surface area contributed by atoms with E-state index in [-0.39, 0.29) is 29.4 Å². The fourth-order valence-electron chi connectivity index (χ4n) is 3.95. The summed E-state index contributed by atoms with van der Waals surface area (Å²) in [6, 6.07) is 10.4. The van der Waals surface area contributed by atoms with E-state index < -0.39 is 10.8 Å². The van der Waals surface area contributed by atoms with E-state index in [9.17, 15) is 14.9 Å². The lowest BCUT2D eigenvalue weighted by molar-refractivity contribution is -0.385. The molecule has 1 saturated heterocycles. The fraction of sp³-hybridized carbons (Fsp3) is 0.333. The molecule has 1 aromatic heterocycles. The Morgan fingerprint density at radius 2 is 1.89 bits per heavy atom. The summed E-state index contributed by atoms with van der Waals surface area (Å²) in [6.07, 6.45) is 0.734. The smallest absolute Gasteiger partial charge is 0.286 e. The Labute approximate surface area is 206 Å². The van der Waals surface area contributed by atoms with Gasteiger partial charge in [-0.05, 0) is 30.7 Å². The number of anilines is 1. The van der Waals surface area contributed by atoms with Gasteiger partial charge < -0.3 is 24.0 Å². The number of nitro benzene ring substituents is 1. The Morgan fingerprint density at radius 3 is 2.54 bits per heavy atom. The van der Waals surface area contributed by atoms with E-state index in [4.69, 9.17) is 14.2 Å². The van der Waals surface area contributed by atoms with E-state index in [0.29, 0.717) is 25.3 Å². The average molecular weight is 499 g/mol. The average Bonchev–Trinajstić information content (AvgIpc) is 3.29. The molecule has 1 aliphatic rings. The minimum atomic E-state index is -0.566. The molecule has 0 saturated carbocycles.